The monoisotopic (exact) mass is 557 g/mol. The summed E-state index contributed by atoms with van der Waals surface area (Å²) in [4.78, 5) is 29.0. The summed E-state index contributed by atoms with van der Waals surface area (Å²) in [6.45, 7) is 0. The van der Waals surface area contributed by atoms with Crippen LogP contribution in [0.1, 0.15) is 34.4 Å². The summed E-state index contributed by atoms with van der Waals surface area (Å²) in [5.41, 5.74) is 3.49. The molecule has 0 saturated carbocycles. The molecule has 1 heterocycles. The van der Waals surface area contributed by atoms with Crippen molar-refractivity contribution in [2.75, 3.05) is 24.5 Å². The third kappa shape index (κ3) is 5.38. The first-order valence-corrected chi connectivity index (χ1v) is 13.9. The van der Waals surface area contributed by atoms with E-state index in [0.717, 1.165) is 41.9 Å². The van der Waals surface area contributed by atoms with Gasteiger partial charge in [-0.15, -0.1) is 11.3 Å². The highest BCUT2D eigenvalue weighted by Crippen LogP contribution is 2.35. The number of ether oxygens (including phenoxy) is 2. The maximum absolute atomic E-state index is 14.1. The number of aliphatic hydroxyl groups is 1. The summed E-state index contributed by atoms with van der Waals surface area (Å²) < 4.78 is 10.5. The minimum Gasteiger partial charge on any atom is -0.497 e. The molecule has 3 amide bonds. The first-order chi connectivity index (χ1) is 19.4. The number of para-hydroxylation sites is 1. The molecule has 0 atom stereocenters. The second-order valence-electron chi connectivity index (χ2n) is 9.47. The van der Waals surface area contributed by atoms with Gasteiger partial charge in [-0.1, -0.05) is 42.5 Å². The lowest BCUT2D eigenvalue weighted by atomic mass is 9.85. The van der Waals surface area contributed by atoms with Crippen LogP contribution in [0.5, 0.6) is 11.5 Å². The quantitative estimate of drug-likeness (QED) is 0.255. The van der Waals surface area contributed by atoms with Crippen LogP contribution in [-0.4, -0.2) is 31.3 Å². The van der Waals surface area contributed by atoms with E-state index in [1.165, 1.54) is 4.88 Å². The highest BCUT2D eigenvalue weighted by Gasteiger charge is 2.42. The Morgan fingerprint density at radius 3 is 2.00 bits per heavy atom. The molecule has 1 aliphatic carbocycles. The van der Waals surface area contributed by atoms with Gasteiger partial charge in [-0.05, 0) is 78.8 Å². The van der Waals surface area contributed by atoms with E-state index >= 15 is 0 Å². The van der Waals surface area contributed by atoms with Gasteiger partial charge in [0.1, 0.15) is 11.5 Å². The van der Waals surface area contributed by atoms with Gasteiger partial charge in [0.15, 0.2) is 5.60 Å². The molecule has 1 aliphatic rings. The SMILES string of the molecule is COc1ccc(C(O)(C(=O)NN(C(=O)Nc2csc3c2CCCC3)c2ccccc2)c2ccc(OC)cc2)cc1. The molecule has 0 radical (unpaired) electrons. The number of hydrogen-bond donors (Lipinski definition) is 3. The molecule has 0 unspecified atom stereocenters. The molecule has 3 aromatic carbocycles. The molecule has 0 bridgehead atoms. The summed E-state index contributed by atoms with van der Waals surface area (Å²) in [5, 5.41) is 18.2. The Morgan fingerprint density at radius 1 is 0.850 bits per heavy atom. The van der Waals surface area contributed by atoms with Gasteiger partial charge in [0.2, 0.25) is 0 Å². The molecule has 4 aromatic rings. The lowest BCUT2D eigenvalue weighted by Crippen LogP contribution is -2.55. The van der Waals surface area contributed by atoms with Crippen molar-refractivity contribution in [3.8, 4) is 11.5 Å². The topological polar surface area (TPSA) is 100 Å². The van der Waals surface area contributed by atoms with E-state index in [-0.39, 0.29) is 0 Å². The van der Waals surface area contributed by atoms with Crippen LogP contribution in [0.25, 0.3) is 0 Å². The molecule has 0 saturated heterocycles. The minimum atomic E-state index is -2.15. The van der Waals surface area contributed by atoms with Gasteiger partial charge in [0.05, 0.1) is 25.6 Å². The van der Waals surface area contributed by atoms with Gasteiger partial charge in [-0.3, -0.25) is 10.2 Å². The highest BCUT2D eigenvalue weighted by molar-refractivity contribution is 7.10. The Kier molecular flexibility index (Phi) is 8.04. The predicted octanol–water partition coefficient (Wildman–Crippen LogP) is 5.65. The minimum absolute atomic E-state index is 0.302. The smallest absolute Gasteiger partial charge is 0.345 e. The van der Waals surface area contributed by atoms with Crippen molar-refractivity contribution in [1.82, 2.24) is 5.43 Å². The highest BCUT2D eigenvalue weighted by atomic mass is 32.1. The van der Waals surface area contributed by atoms with Crippen molar-refractivity contribution in [3.05, 3.63) is 106 Å². The van der Waals surface area contributed by atoms with Crippen LogP contribution in [0.15, 0.2) is 84.2 Å². The van der Waals surface area contributed by atoms with Crippen LogP contribution in [0.2, 0.25) is 0 Å². The number of rotatable bonds is 7. The Bertz CT molecular complexity index is 1420. The number of anilines is 2. The van der Waals surface area contributed by atoms with Crippen LogP contribution in [0, 0.1) is 0 Å². The summed E-state index contributed by atoms with van der Waals surface area (Å²) in [7, 11) is 3.08. The number of nitrogens with zero attached hydrogens (tertiary/aromatic N) is 1. The van der Waals surface area contributed by atoms with E-state index in [9.17, 15) is 14.7 Å². The Morgan fingerprint density at radius 2 is 1.43 bits per heavy atom. The van der Waals surface area contributed by atoms with Gasteiger partial charge < -0.3 is 19.9 Å². The van der Waals surface area contributed by atoms with Gasteiger partial charge in [-0.2, -0.15) is 0 Å². The standard InChI is InChI=1S/C31H31N3O5S/c1-38-24-16-12-21(13-17-24)31(37,22-14-18-25(39-2)19-15-22)29(35)33-34(23-8-4-3-5-9-23)30(36)32-27-20-40-28-11-7-6-10-26(27)28/h3-5,8-9,12-20,37H,6-7,10-11H2,1-2H3,(H,32,36)(H,33,35). The Balaban J connectivity index is 1.50. The molecule has 3 N–H and O–H groups in total. The zero-order valence-electron chi connectivity index (χ0n) is 22.3. The third-order valence-corrected chi connectivity index (χ3v) is 8.17. The molecule has 0 spiro atoms. The fraction of sp³-hybridized carbons (Fsp3) is 0.226. The number of amides is 3. The maximum atomic E-state index is 14.1. The number of aryl methyl sites for hydroxylation is 1. The molecule has 40 heavy (non-hydrogen) atoms. The fourth-order valence-corrected chi connectivity index (χ4v) is 5.93. The van der Waals surface area contributed by atoms with Gasteiger partial charge >= 0.3 is 6.03 Å². The number of thiophene rings is 1. The van der Waals surface area contributed by atoms with E-state index < -0.39 is 17.5 Å². The molecular weight excluding hydrogens is 526 g/mol. The van der Waals surface area contributed by atoms with Crippen molar-refractivity contribution in [2.45, 2.75) is 31.3 Å². The van der Waals surface area contributed by atoms with E-state index in [0.29, 0.717) is 28.3 Å². The molecule has 9 heteroatoms. The first-order valence-electron chi connectivity index (χ1n) is 13.0. The number of hydrazine groups is 1. The van der Waals surface area contributed by atoms with Crippen molar-refractivity contribution >= 4 is 34.6 Å². The Labute approximate surface area is 237 Å². The fourth-order valence-electron chi connectivity index (χ4n) is 4.86. The van der Waals surface area contributed by atoms with Crippen molar-refractivity contribution in [1.29, 1.82) is 0 Å². The van der Waals surface area contributed by atoms with Crippen LogP contribution in [0.3, 0.4) is 0 Å². The average molecular weight is 558 g/mol. The van der Waals surface area contributed by atoms with E-state index in [1.54, 1.807) is 98.4 Å². The van der Waals surface area contributed by atoms with Crippen LogP contribution >= 0.6 is 11.3 Å². The van der Waals surface area contributed by atoms with Crippen LogP contribution in [-0.2, 0) is 23.2 Å². The van der Waals surface area contributed by atoms with E-state index in [1.807, 2.05) is 11.4 Å². The number of carbonyl (C=O) groups is 2. The van der Waals surface area contributed by atoms with Gasteiger partial charge in [-0.25, -0.2) is 9.80 Å². The number of carbonyl (C=O) groups excluding carboxylic acids is 2. The summed E-state index contributed by atoms with van der Waals surface area (Å²) >= 11 is 1.64. The number of urea groups is 1. The lowest BCUT2D eigenvalue weighted by Gasteiger charge is -2.32. The lowest BCUT2D eigenvalue weighted by molar-refractivity contribution is -0.136. The molecule has 1 aromatic heterocycles. The molecule has 5 rings (SSSR count). The second kappa shape index (κ2) is 11.8. The average Bonchev–Trinajstić information content (AvgIpc) is 3.42. The van der Waals surface area contributed by atoms with Gasteiger partial charge in [0.25, 0.3) is 5.91 Å². The van der Waals surface area contributed by atoms with Crippen molar-refractivity contribution < 1.29 is 24.2 Å². The van der Waals surface area contributed by atoms with E-state index in [4.69, 9.17) is 9.47 Å². The third-order valence-electron chi connectivity index (χ3n) is 7.08. The summed E-state index contributed by atoms with van der Waals surface area (Å²) in [5.74, 6) is 0.338. The van der Waals surface area contributed by atoms with Crippen molar-refractivity contribution in [3.63, 3.8) is 0 Å². The van der Waals surface area contributed by atoms with Crippen LogP contribution < -0.4 is 25.2 Å². The molecule has 8 nitrogen and oxygen atoms in total. The largest absolute Gasteiger partial charge is 0.497 e. The second-order valence-corrected chi connectivity index (χ2v) is 10.4. The molecule has 206 valence electrons. The molecule has 0 fully saturated rings. The van der Waals surface area contributed by atoms with Crippen LogP contribution in [0.4, 0.5) is 16.2 Å². The number of benzene rings is 3. The van der Waals surface area contributed by atoms with Crippen molar-refractivity contribution in [2.24, 2.45) is 0 Å². The van der Waals surface area contributed by atoms with Gasteiger partial charge in [0, 0.05) is 10.3 Å². The summed E-state index contributed by atoms with van der Waals surface area (Å²) in [6, 6.07) is 21.4. The number of methoxy groups -OCH3 is 2. The predicted molar refractivity (Wildman–Crippen MR) is 156 cm³/mol. The van der Waals surface area contributed by atoms with E-state index in [2.05, 4.69) is 10.7 Å². The molecular formula is C31H31N3O5S. The summed E-state index contributed by atoms with van der Waals surface area (Å²) in [6.07, 6.45) is 4.12. The number of hydrogen-bond acceptors (Lipinski definition) is 6. The Hall–Kier alpha value is -4.34. The first kappa shape index (κ1) is 27.2. The zero-order valence-corrected chi connectivity index (χ0v) is 23.2. The maximum Gasteiger partial charge on any atom is 0.345 e. The normalized spacial score (nSPS) is 12.7. The number of nitrogens with one attached hydrogen (secondary N) is 2. The zero-order chi connectivity index (χ0) is 28.1. The molecule has 0 aliphatic heterocycles. The number of fused-ring (bicyclic) bond motifs is 1.